The molecule has 0 spiro atoms. The van der Waals surface area contributed by atoms with Crippen LogP contribution in [0.5, 0.6) is 0 Å². The minimum absolute atomic E-state index is 0.0658. The minimum atomic E-state index is -3.83. The molecule has 23 heavy (non-hydrogen) atoms. The summed E-state index contributed by atoms with van der Waals surface area (Å²) in [4.78, 5) is 40.2. The predicted molar refractivity (Wildman–Crippen MR) is 81.8 cm³/mol. The van der Waals surface area contributed by atoms with Gasteiger partial charge in [-0.15, -0.1) is 0 Å². The summed E-state index contributed by atoms with van der Waals surface area (Å²) < 4.78 is 11.8. The number of imidazole rings is 1. The number of nitrogens with zero attached hydrogens (tertiary/aromatic N) is 3. The highest BCUT2D eigenvalue weighted by Crippen LogP contribution is 2.38. The van der Waals surface area contributed by atoms with E-state index in [9.17, 15) is 9.90 Å². The summed E-state index contributed by atoms with van der Waals surface area (Å²) in [6.45, 7) is -4.10. The second-order valence-electron chi connectivity index (χ2n) is 4.99. The highest BCUT2D eigenvalue weighted by molar-refractivity contribution is 8.06. The van der Waals surface area contributed by atoms with Crippen LogP contribution >= 0.6 is 6.72 Å². The monoisotopic (exact) mass is 363 g/mol. The molecule has 0 aliphatic carbocycles. The molecule has 0 amide bonds. The van der Waals surface area contributed by atoms with Gasteiger partial charge in [0.05, 0.1) is 19.0 Å². The Labute approximate surface area is 134 Å². The van der Waals surface area contributed by atoms with Crippen molar-refractivity contribution in [2.24, 2.45) is 0 Å². The topological polar surface area (TPSA) is 169 Å². The van der Waals surface area contributed by atoms with Gasteiger partial charge in [0.1, 0.15) is 12.3 Å². The van der Waals surface area contributed by atoms with E-state index in [-0.39, 0.29) is 30.1 Å². The summed E-state index contributed by atoms with van der Waals surface area (Å²) in [6, 6.07) is 0. The number of anilines is 1. The number of fused-ring (bicyclic) bond motifs is 1. The molecule has 0 bridgehead atoms. The number of nitrogens with two attached hydrogens (primary N) is 1. The Morgan fingerprint density at radius 2 is 2.35 bits per heavy atom. The van der Waals surface area contributed by atoms with Crippen LogP contribution in [0.25, 0.3) is 11.2 Å². The number of ether oxygens (including phenoxy) is 1. The van der Waals surface area contributed by atoms with Crippen LogP contribution in [0.1, 0.15) is 12.6 Å². The SMILES string of the molecule is Nc1nc2c(ncn2[C@H]2C[C@H](O)[C@@H](COP(O)(O)=S)O2)c(=O)[nH]1. The maximum absolute atomic E-state index is 11.7. The lowest BCUT2D eigenvalue weighted by Crippen LogP contribution is -2.25. The molecule has 0 aromatic carbocycles. The summed E-state index contributed by atoms with van der Waals surface area (Å²) >= 11 is 4.34. The lowest BCUT2D eigenvalue weighted by atomic mass is 10.2. The van der Waals surface area contributed by atoms with E-state index in [1.54, 1.807) is 0 Å². The van der Waals surface area contributed by atoms with Crippen LogP contribution in [-0.4, -0.2) is 53.2 Å². The van der Waals surface area contributed by atoms with E-state index < -0.39 is 30.7 Å². The largest absolute Gasteiger partial charge is 0.390 e. The maximum atomic E-state index is 11.7. The first-order valence-corrected chi connectivity index (χ1v) is 9.13. The van der Waals surface area contributed by atoms with Crippen molar-refractivity contribution in [3.05, 3.63) is 16.7 Å². The second-order valence-corrected chi connectivity index (χ2v) is 7.66. The first-order chi connectivity index (χ1) is 10.7. The molecule has 6 N–H and O–H groups in total. The Kier molecular flexibility index (Phi) is 4.23. The van der Waals surface area contributed by atoms with Crippen LogP contribution in [0.15, 0.2) is 11.1 Å². The van der Waals surface area contributed by atoms with Crippen molar-refractivity contribution in [3.63, 3.8) is 0 Å². The molecule has 3 heterocycles. The van der Waals surface area contributed by atoms with E-state index in [2.05, 4.69) is 26.8 Å². The van der Waals surface area contributed by atoms with Gasteiger partial charge < -0.3 is 29.9 Å². The van der Waals surface area contributed by atoms with Crippen molar-refractivity contribution < 1.29 is 24.2 Å². The Hall–Kier alpha value is -1.40. The molecule has 1 fully saturated rings. The fourth-order valence-electron chi connectivity index (χ4n) is 2.36. The van der Waals surface area contributed by atoms with Gasteiger partial charge in [-0.2, -0.15) is 4.98 Å². The maximum Gasteiger partial charge on any atom is 0.321 e. The molecule has 3 rings (SSSR count). The highest BCUT2D eigenvalue weighted by atomic mass is 32.5. The summed E-state index contributed by atoms with van der Waals surface area (Å²) in [5, 5.41) is 10.00. The molecule has 3 atom stereocenters. The van der Waals surface area contributed by atoms with Crippen LogP contribution in [0.3, 0.4) is 0 Å². The van der Waals surface area contributed by atoms with Crippen LogP contribution in [0, 0.1) is 0 Å². The Balaban J connectivity index is 1.84. The average molecular weight is 363 g/mol. The number of hydrogen-bond donors (Lipinski definition) is 5. The number of aliphatic hydroxyl groups is 1. The molecule has 13 heteroatoms. The Morgan fingerprint density at radius 1 is 1.61 bits per heavy atom. The number of aromatic amines is 1. The van der Waals surface area contributed by atoms with Crippen molar-refractivity contribution in [1.82, 2.24) is 19.5 Å². The first kappa shape index (κ1) is 16.5. The zero-order valence-electron chi connectivity index (χ0n) is 11.6. The molecule has 0 radical (unpaired) electrons. The molecule has 11 nitrogen and oxygen atoms in total. The van der Waals surface area contributed by atoms with Crippen LogP contribution < -0.4 is 11.3 Å². The van der Waals surface area contributed by atoms with Gasteiger partial charge in [-0.25, -0.2) is 4.98 Å². The zero-order chi connectivity index (χ0) is 16.8. The second kappa shape index (κ2) is 5.91. The van der Waals surface area contributed by atoms with Crippen molar-refractivity contribution in [3.8, 4) is 0 Å². The van der Waals surface area contributed by atoms with Gasteiger partial charge in [0.15, 0.2) is 11.2 Å². The number of nitrogen functional groups attached to an aromatic ring is 1. The van der Waals surface area contributed by atoms with E-state index in [4.69, 9.17) is 24.8 Å². The average Bonchev–Trinajstić information content (AvgIpc) is 2.99. The molecule has 1 aliphatic rings. The molecule has 1 saturated heterocycles. The van der Waals surface area contributed by atoms with Gasteiger partial charge in [-0.05, 0) is 11.8 Å². The molecule has 2 aromatic rings. The number of H-pyrrole nitrogens is 1. The molecule has 0 unspecified atom stereocenters. The summed E-state index contributed by atoms with van der Waals surface area (Å²) in [7, 11) is 0. The number of aliphatic hydroxyl groups excluding tert-OH is 1. The van der Waals surface area contributed by atoms with Crippen molar-refractivity contribution in [2.75, 3.05) is 12.3 Å². The van der Waals surface area contributed by atoms with E-state index in [1.807, 2.05) is 0 Å². The summed E-state index contributed by atoms with van der Waals surface area (Å²) in [6.07, 6.45) is -0.854. The van der Waals surface area contributed by atoms with E-state index in [1.165, 1.54) is 10.9 Å². The number of nitrogens with one attached hydrogen (secondary N) is 1. The van der Waals surface area contributed by atoms with Crippen LogP contribution in [-0.2, 0) is 21.1 Å². The molecule has 2 aromatic heterocycles. The lowest BCUT2D eigenvalue weighted by molar-refractivity contribution is -0.0399. The quantitative estimate of drug-likeness (QED) is 0.406. The van der Waals surface area contributed by atoms with Crippen molar-refractivity contribution >= 4 is 35.6 Å². The van der Waals surface area contributed by atoms with Gasteiger partial charge in [0.25, 0.3) is 5.56 Å². The molecular weight excluding hydrogens is 349 g/mol. The molecule has 126 valence electrons. The smallest absolute Gasteiger partial charge is 0.321 e. The standard InChI is InChI=1S/C10H14N5O6PS/c11-10-13-8-7(9(17)14-10)12-3-15(8)6-1-4(16)5(21-6)2-20-22(18,19)23/h3-6,16H,1-2H2,(H2,18,19,23)(H3,11,13,14,17)/t4-,5+,6+/m0/s1. The fraction of sp³-hybridized carbons (Fsp3) is 0.500. The van der Waals surface area contributed by atoms with Gasteiger partial charge >= 0.3 is 6.72 Å². The molecular formula is C10H14N5O6PS. The summed E-state index contributed by atoms with van der Waals surface area (Å²) in [5.74, 6) is -0.0658. The summed E-state index contributed by atoms with van der Waals surface area (Å²) in [5.41, 5.74) is 5.36. The third kappa shape index (κ3) is 3.43. The van der Waals surface area contributed by atoms with Gasteiger partial charge in [0, 0.05) is 6.42 Å². The van der Waals surface area contributed by atoms with Crippen molar-refractivity contribution in [2.45, 2.75) is 24.9 Å². The van der Waals surface area contributed by atoms with Gasteiger partial charge in [-0.3, -0.25) is 14.3 Å². The van der Waals surface area contributed by atoms with E-state index >= 15 is 0 Å². The van der Waals surface area contributed by atoms with Gasteiger partial charge in [0.2, 0.25) is 5.95 Å². The minimum Gasteiger partial charge on any atom is -0.390 e. The Bertz CT molecular complexity index is 833. The van der Waals surface area contributed by atoms with Crippen LogP contribution in [0.4, 0.5) is 5.95 Å². The van der Waals surface area contributed by atoms with Crippen LogP contribution in [0.2, 0.25) is 0 Å². The van der Waals surface area contributed by atoms with E-state index in [0.717, 1.165) is 0 Å². The zero-order valence-corrected chi connectivity index (χ0v) is 13.3. The number of rotatable bonds is 4. The molecule has 0 saturated carbocycles. The predicted octanol–water partition coefficient (Wildman–Crippen LogP) is -1.42. The fourth-order valence-corrected chi connectivity index (χ4v) is 2.88. The van der Waals surface area contributed by atoms with Crippen molar-refractivity contribution in [1.29, 1.82) is 0 Å². The normalized spacial score (nSPS) is 25.3. The number of aromatic nitrogens is 4. The third-order valence-electron chi connectivity index (χ3n) is 3.37. The number of hydrogen-bond acceptors (Lipinski definition) is 8. The molecule has 1 aliphatic heterocycles. The third-order valence-corrected chi connectivity index (χ3v) is 4.17. The Morgan fingerprint density at radius 3 is 3.04 bits per heavy atom. The lowest BCUT2D eigenvalue weighted by Gasteiger charge is -2.17. The van der Waals surface area contributed by atoms with Gasteiger partial charge in [-0.1, -0.05) is 0 Å². The van der Waals surface area contributed by atoms with E-state index in [0.29, 0.717) is 0 Å². The highest BCUT2D eigenvalue weighted by Gasteiger charge is 2.36. The first-order valence-electron chi connectivity index (χ1n) is 6.50.